The molecule has 2 aliphatic rings. The number of nitrogens with one attached hydrogen (secondary N) is 2. The number of anilines is 3. The van der Waals surface area contributed by atoms with E-state index in [-0.39, 0.29) is 11.9 Å². The molecule has 28 heavy (non-hydrogen) atoms. The van der Waals surface area contributed by atoms with Gasteiger partial charge < -0.3 is 15.5 Å². The number of piperidine rings is 1. The normalized spacial score (nSPS) is 17.5. The Bertz CT molecular complexity index is 840. The predicted octanol–water partition coefficient (Wildman–Crippen LogP) is 3.70. The van der Waals surface area contributed by atoms with Gasteiger partial charge in [-0.3, -0.25) is 9.69 Å². The average Bonchev–Trinajstić information content (AvgIpc) is 3.15. The molecule has 2 fully saturated rings. The van der Waals surface area contributed by atoms with Crippen LogP contribution in [0.2, 0.25) is 0 Å². The molecular weight excluding hydrogens is 352 g/mol. The Labute approximate surface area is 165 Å². The van der Waals surface area contributed by atoms with Crippen LogP contribution in [0.4, 0.5) is 21.9 Å². The fourth-order valence-corrected chi connectivity index (χ4v) is 3.74. The van der Waals surface area contributed by atoms with Crippen LogP contribution in [0.25, 0.3) is 0 Å². The number of nitrogens with zero attached hydrogens (tertiary/aromatic N) is 2. The lowest BCUT2D eigenvalue weighted by Gasteiger charge is -2.32. The van der Waals surface area contributed by atoms with Crippen LogP contribution in [0.1, 0.15) is 30.1 Å². The first kappa shape index (κ1) is 18.3. The van der Waals surface area contributed by atoms with E-state index in [1.54, 1.807) is 29.2 Å². The smallest absolute Gasteiger partial charge is 0.321 e. The van der Waals surface area contributed by atoms with Crippen molar-refractivity contribution >= 4 is 29.0 Å². The third kappa shape index (κ3) is 3.96. The summed E-state index contributed by atoms with van der Waals surface area (Å²) < 4.78 is 0. The van der Waals surface area contributed by atoms with Crippen LogP contribution >= 0.6 is 0 Å². The lowest BCUT2D eigenvalue weighted by atomic mass is 9.99. The van der Waals surface area contributed by atoms with Crippen molar-refractivity contribution in [3.63, 3.8) is 0 Å². The van der Waals surface area contributed by atoms with Gasteiger partial charge in [0.2, 0.25) is 0 Å². The van der Waals surface area contributed by atoms with Crippen LogP contribution in [0, 0.1) is 5.92 Å². The molecule has 2 heterocycles. The lowest BCUT2D eigenvalue weighted by Crippen LogP contribution is -2.32. The van der Waals surface area contributed by atoms with Crippen LogP contribution < -0.4 is 20.4 Å². The first-order valence-corrected chi connectivity index (χ1v) is 9.92. The third-order valence-corrected chi connectivity index (χ3v) is 5.57. The topological polar surface area (TPSA) is 64.7 Å². The SMILES string of the molecule is CC1CCN(c2ccc(NC(=O)c3ccc(N4CCNC4=O)cc3)cc2)CC1. The van der Waals surface area contributed by atoms with E-state index < -0.39 is 0 Å². The maximum Gasteiger partial charge on any atom is 0.321 e. The van der Waals surface area contributed by atoms with Crippen molar-refractivity contribution in [3.8, 4) is 0 Å². The molecule has 2 aliphatic heterocycles. The summed E-state index contributed by atoms with van der Waals surface area (Å²) in [4.78, 5) is 28.3. The molecule has 0 radical (unpaired) electrons. The van der Waals surface area contributed by atoms with Crippen molar-refractivity contribution < 1.29 is 9.59 Å². The van der Waals surface area contributed by atoms with E-state index in [4.69, 9.17) is 0 Å². The molecule has 0 unspecified atom stereocenters. The zero-order chi connectivity index (χ0) is 19.5. The summed E-state index contributed by atoms with van der Waals surface area (Å²) in [5, 5.41) is 5.72. The molecular formula is C22H26N4O2. The second kappa shape index (κ2) is 7.92. The highest BCUT2D eigenvalue weighted by atomic mass is 16.2. The summed E-state index contributed by atoms with van der Waals surface area (Å²) >= 11 is 0. The Morgan fingerprint density at radius 2 is 1.61 bits per heavy atom. The van der Waals surface area contributed by atoms with Gasteiger partial charge >= 0.3 is 6.03 Å². The highest BCUT2D eigenvalue weighted by Gasteiger charge is 2.21. The van der Waals surface area contributed by atoms with E-state index in [1.165, 1.54) is 18.5 Å². The molecule has 0 saturated carbocycles. The van der Waals surface area contributed by atoms with E-state index in [1.807, 2.05) is 12.1 Å². The Hall–Kier alpha value is -3.02. The second-order valence-electron chi connectivity index (χ2n) is 7.60. The maximum absolute atomic E-state index is 12.5. The van der Waals surface area contributed by atoms with E-state index in [0.717, 1.165) is 30.4 Å². The molecule has 2 saturated heterocycles. The van der Waals surface area contributed by atoms with E-state index >= 15 is 0 Å². The van der Waals surface area contributed by atoms with Gasteiger partial charge in [-0.05, 0) is 67.3 Å². The number of carbonyl (C=O) groups is 2. The molecule has 0 aliphatic carbocycles. The van der Waals surface area contributed by atoms with Gasteiger partial charge in [-0.15, -0.1) is 0 Å². The fraction of sp³-hybridized carbons (Fsp3) is 0.364. The molecule has 6 heteroatoms. The predicted molar refractivity (Wildman–Crippen MR) is 112 cm³/mol. The van der Waals surface area contributed by atoms with Crippen molar-refractivity contribution in [3.05, 3.63) is 54.1 Å². The number of amides is 3. The first-order chi connectivity index (χ1) is 13.6. The quantitative estimate of drug-likeness (QED) is 0.853. The summed E-state index contributed by atoms with van der Waals surface area (Å²) in [7, 11) is 0. The van der Waals surface area contributed by atoms with Gasteiger partial charge in [-0.25, -0.2) is 4.79 Å². The van der Waals surface area contributed by atoms with Gasteiger partial charge in [-0.2, -0.15) is 0 Å². The zero-order valence-electron chi connectivity index (χ0n) is 16.1. The lowest BCUT2D eigenvalue weighted by molar-refractivity contribution is 0.102. The fourth-order valence-electron chi connectivity index (χ4n) is 3.74. The van der Waals surface area contributed by atoms with Gasteiger partial charge in [0, 0.05) is 48.8 Å². The van der Waals surface area contributed by atoms with Crippen molar-refractivity contribution in [1.29, 1.82) is 0 Å². The molecule has 2 aromatic carbocycles. The molecule has 2 N–H and O–H groups in total. The molecule has 4 rings (SSSR count). The van der Waals surface area contributed by atoms with Crippen molar-refractivity contribution in [2.24, 2.45) is 5.92 Å². The van der Waals surface area contributed by atoms with E-state index in [0.29, 0.717) is 18.7 Å². The molecule has 0 bridgehead atoms. The van der Waals surface area contributed by atoms with Crippen LogP contribution in [-0.2, 0) is 0 Å². The molecule has 0 aromatic heterocycles. The summed E-state index contributed by atoms with van der Waals surface area (Å²) in [5.41, 5.74) is 3.35. The van der Waals surface area contributed by atoms with Crippen LogP contribution in [0.5, 0.6) is 0 Å². The average molecular weight is 378 g/mol. The minimum Gasteiger partial charge on any atom is -0.372 e. The van der Waals surface area contributed by atoms with Crippen molar-refractivity contribution in [2.75, 3.05) is 41.3 Å². The van der Waals surface area contributed by atoms with E-state index in [9.17, 15) is 9.59 Å². The van der Waals surface area contributed by atoms with Gasteiger partial charge in [0.15, 0.2) is 0 Å². The second-order valence-corrected chi connectivity index (χ2v) is 7.60. The molecule has 0 atom stereocenters. The summed E-state index contributed by atoms with van der Waals surface area (Å²) in [6, 6.07) is 15.1. The van der Waals surface area contributed by atoms with Gasteiger partial charge in [0.1, 0.15) is 0 Å². The summed E-state index contributed by atoms with van der Waals surface area (Å²) in [6.45, 7) is 5.78. The molecule has 0 spiro atoms. The molecule has 3 amide bonds. The minimum atomic E-state index is -0.156. The third-order valence-electron chi connectivity index (χ3n) is 5.57. The Kier molecular flexibility index (Phi) is 5.19. The highest BCUT2D eigenvalue weighted by Crippen LogP contribution is 2.24. The van der Waals surface area contributed by atoms with Gasteiger partial charge in [0.25, 0.3) is 5.91 Å². The molecule has 6 nitrogen and oxygen atoms in total. The number of hydrogen-bond donors (Lipinski definition) is 2. The molecule has 2 aromatic rings. The minimum absolute atomic E-state index is 0.0968. The van der Waals surface area contributed by atoms with Crippen LogP contribution in [0.3, 0.4) is 0 Å². The van der Waals surface area contributed by atoms with E-state index in [2.05, 4.69) is 34.6 Å². The number of rotatable bonds is 4. The standard InChI is InChI=1S/C22H26N4O2/c1-16-10-13-25(14-11-16)19-8-4-18(5-9-19)24-21(27)17-2-6-20(7-3-17)26-15-12-23-22(26)28/h2-9,16H,10-15H2,1H3,(H,23,28)(H,24,27). The van der Waals surface area contributed by atoms with Gasteiger partial charge in [-0.1, -0.05) is 6.92 Å². The highest BCUT2D eigenvalue weighted by molar-refractivity contribution is 6.04. The van der Waals surface area contributed by atoms with Crippen molar-refractivity contribution in [2.45, 2.75) is 19.8 Å². The van der Waals surface area contributed by atoms with Crippen LogP contribution in [-0.4, -0.2) is 38.1 Å². The molecule has 146 valence electrons. The number of urea groups is 1. The Balaban J connectivity index is 1.37. The summed E-state index contributed by atoms with van der Waals surface area (Å²) in [5.74, 6) is 0.651. The Morgan fingerprint density at radius 1 is 0.964 bits per heavy atom. The monoisotopic (exact) mass is 378 g/mol. The Morgan fingerprint density at radius 3 is 2.21 bits per heavy atom. The van der Waals surface area contributed by atoms with Crippen LogP contribution in [0.15, 0.2) is 48.5 Å². The zero-order valence-corrected chi connectivity index (χ0v) is 16.1. The number of hydrogen-bond acceptors (Lipinski definition) is 3. The number of carbonyl (C=O) groups excluding carboxylic acids is 2. The van der Waals surface area contributed by atoms with Gasteiger partial charge in [0.05, 0.1) is 0 Å². The maximum atomic E-state index is 12.5. The largest absolute Gasteiger partial charge is 0.372 e. The summed E-state index contributed by atoms with van der Waals surface area (Å²) in [6.07, 6.45) is 2.46. The first-order valence-electron chi connectivity index (χ1n) is 9.92. The number of benzene rings is 2. The van der Waals surface area contributed by atoms with Crippen molar-refractivity contribution in [1.82, 2.24) is 5.32 Å².